The number of hydrogen-bond acceptors (Lipinski definition) is 5. The maximum atomic E-state index is 12.3. The number of amides is 1. The van der Waals surface area contributed by atoms with E-state index in [1.807, 2.05) is 24.9 Å². The minimum Gasteiger partial charge on any atom is -0.388 e. The average molecular weight is 302 g/mol. The second-order valence-corrected chi connectivity index (χ2v) is 6.16. The predicted octanol–water partition coefficient (Wildman–Crippen LogP) is 2.52. The normalized spacial score (nSPS) is 18.0. The highest BCUT2D eigenvalue weighted by atomic mass is 32.1. The highest BCUT2D eigenvalue weighted by molar-refractivity contribution is 7.11. The van der Waals surface area contributed by atoms with Crippen molar-refractivity contribution in [2.75, 3.05) is 25.5 Å². The van der Waals surface area contributed by atoms with Crippen LogP contribution in [0.3, 0.4) is 0 Å². The third-order valence-electron chi connectivity index (χ3n) is 3.80. The van der Waals surface area contributed by atoms with Gasteiger partial charge in [0.2, 0.25) is 0 Å². The van der Waals surface area contributed by atoms with Gasteiger partial charge in [0, 0.05) is 43.1 Å². The average Bonchev–Trinajstić information content (AvgIpc) is 3.17. The van der Waals surface area contributed by atoms with Gasteiger partial charge in [0.15, 0.2) is 0 Å². The highest BCUT2D eigenvalue weighted by Gasteiger charge is 2.29. The van der Waals surface area contributed by atoms with Crippen LogP contribution in [-0.2, 0) is 0 Å². The molecule has 1 aliphatic rings. The number of hydrogen-bond donors (Lipinski definition) is 1. The summed E-state index contributed by atoms with van der Waals surface area (Å²) in [6.07, 6.45) is 2.61. The summed E-state index contributed by atoms with van der Waals surface area (Å²) in [4.78, 5) is 23.6. The van der Waals surface area contributed by atoms with E-state index in [1.165, 1.54) is 11.3 Å². The number of rotatable bonds is 3. The van der Waals surface area contributed by atoms with Crippen molar-refractivity contribution in [2.45, 2.75) is 19.3 Å². The molecule has 6 heteroatoms. The number of pyridine rings is 1. The number of nitrogens with one attached hydrogen (secondary N) is 1. The first-order valence-corrected chi connectivity index (χ1v) is 7.89. The van der Waals surface area contributed by atoms with E-state index >= 15 is 0 Å². The van der Waals surface area contributed by atoms with E-state index in [1.54, 1.807) is 11.7 Å². The van der Waals surface area contributed by atoms with Crippen LogP contribution in [0.15, 0.2) is 23.8 Å². The Morgan fingerprint density at radius 2 is 2.33 bits per heavy atom. The zero-order chi connectivity index (χ0) is 14.8. The molecule has 1 fully saturated rings. The van der Waals surface area contributed by atoms with Crippen LogP contribution in [0.2, 0.25) is 0 Å². The molecule has 0 bridgehead atoms. The number of likely N-dealkylation sites (tertiary alicyclic amines) is 1. The molecule has 0 aromatic carbocycles. The van der Waals surface area contributed by atoms with Crippen LogP contribution < -0.4 is 5.32 Å². The van der Waals surface area contributed by atoms with Crippen molar-refractivity contribution in [3.63, 3.8) is 0 Å². The van der Waals surface area contributed by atoms with Gasteiger partial charge in [-0.1, -0.05) is 0 Å². The Morgan fingerprint density at radius 3 is 3.05 bits per heavy atom. The van der Waals surface area contributed by atoms with Crippen LogP contribution in [0.25, 0.3) is 0 Å². The van der Waals surface area contributed by atoms with E-state index in [2.05, 4.69) is 21.4 Å². The summed E-state index contributed by atoms with van der Waals surface area (Å²) >= 11 is 1.40. The summed E-state index contributed by atoms with van der Waals surface area (Å²) in [6.45, 7) is 3.52. The first-order valence-electron chi connectivity index (χ1n) is 7.01. The smallest absolute Gasteiger partial charge is 0.265 e. The molecule has 0 radical (unpaired) electrons. The fraction of sp³-hybridized carbons (Fsp3) is 0.400. The second kappa shape index (κ2) is 5.81. The standard InChI is InChI=1S/C15H18N4OS/c1-10-5-12(16-2)6-13(18-10)11-3-4-19(8-11)15(20)14-7-17-9-21-14/h5-7,9,11H,3-4,8H2,1-2H3,(H,16,18). The molecule has 1 unspecified atom stereocenters. The molecule has 1 amide bonds. The largest absolute Gasteiger partial charge is 0.388 e. The summed E-state index contributed by atoms with van der Waals surface area (Å²) in [6, 6.07) is 4.11. The van der Waals surface area contributed by atoms with Gasteiger partial charge in [-0.15, -0.1) is 11.3 Å². The van der Waals surface area contributed by atoms with Crippen LogP contribution >= 0.6 is 11.3 Å². The Labute approximate surface area is 128 Å². The predicted molar refractivity (Wildman–Crippen MR) is 83.9 cm³/mol. The number of anilines is 1. The number of nitrogens with zero attached hydrogens (tertiary/aromatic N) is 3. The maximum absolute atomic E-state index is 12.3. The summed E-state index contributed by atoms with van der Waals surface area (Å²) in [5, 5.41) is 3.16. The topological polar surface area (TPSA) is 58.1 Å². The monoisotopic (exact) mass is 302 g/mol. The van der Waals surface area contributed by atoms with Gasteiger partial charge in [-0.2, -0.15) is 0 Å². The molecule has 0 aliphatic carbocycles. The van der Waals surface area contributed by atoms with Crippen LogP contribution in [0.5, 0.6) is 0 Å². The van der Waals surface area contributed by atoms with E-state index in [4.69, 9.17) is 0 Å². The number of carbonyl (C=O) groups excluding carboxylic acids is 1. The minimum atomic E-state index is 0.0847. The number of carbonyl (C=O) groups is 1. The van der Waals surface area contributed by atoms with Gasteiger partial charge in [0.1, 0.15) is 4.88 Å². The highest BCUT2D eigenvalue weighted by Crippen LogP contribution is 2.29. The molecule has 110 valence electrons. The van der Waals surface area contributed by atoms with Crippen molar-refractivity contribution in [3.8, 4) is 0 Å². The zero-order valence-electron chi connectivity index (χ0n) is 12.2. The SMILES string of the molecule is CNc1cc(C)nc(C2CCN(C(=O)c3cncs3)C2)c1. The van der Waals surface area contributed by atoms with Crippen LogP contribution in [-0.4, -0.2) is 40.9 Å². The van der Waals surface area contributed by atoms with Gasteiger partial charge >= 0.3 is 0 Å². The van der Waals surface area contributed by atoms with Crippen LogP contribution in [0, 0.1) is 6.92 Å². The van der Waals surface area contributed by atoms with E-state index in [9.17, 15) is 4.79 Å². The molecule has 3 heterocycles. The van der Waals surface area contributed by atoms with Crippen molar-refractivity contribution in [3.05, 3.63) is 40.1 Å². The number of aromatic nitrogens is 2. The van der Waals surface area contributed by atoms with Gasteiger partial charge in [0.25, 0.3) is 5.91 Å². The third-order valence-corrected chi connectivity index (χ3v) is 4.56. The fourth-order valence-electron chi connectivity index (χ4n) is 2.71. The van der Waals surface area contributed by atoms with Crippen molar-refractivity contribution in [2.24, 2.45) is 0 Å². The Morgan fingerprint density at radius 1 is 1.48 bits per heavy atom. The molecular formula is C15H18N4OS. The summed E-state index contributed by atoms with van der Waals surface area (Å²) < 4.78 is 0. The summed E-state index contributed by atoms with van der Waals surface area (Å²) in [5.74, 6) is 0.398. The van der Waals surface area contributed by atoms with Gasteiger partial charge < -0.3 is 10.2 Å². The van der Waals surface area contributed by atoms with Crippen molar-refractivity contribution >= 4 is 22.9 Å². The Kier molecular flexibility index (Phi) is 3.88. The third kappa shape index (κ3) is 2.90. The summed E-state index contributed by atoms with van der Waals surface area (Å²) in [5.41, 5.74) is 4.84. The minimum absolute atomic E-state index is 0.0847. The lowest BCUT2D eigenvalue weighted by molar-refractivity contribution is 0.0795. The fourth-order valence-corrected chi connectivity index (χ4v) is 3.30. The lowest BCUT2D eigenvalue weighted by Gasteiger charge is -2.16. The van der Waals surface area contributed by atoms with Crippen molar-refractivity contribution in [1.29, 1.82) is 0 Å². The lowest BCUT2D eigenvalue weighted by atomic mass is 10.0. The Hall–Kier alpha value is -1.95. The van der Waals surface area contributed by atoms with Gasteiger partial charge in [-0.25, -0.2) is 0 Å². The van der Waals surface area contributed by atoms with E-state index in [0.717, 1.165) is 36.6 Å². The molecule has 2 aromatic rings. The van der Waals surface area contributed by atoms with E-state index in [-0.39, 0.29) is 5.91 Å². The molecular weight excluding hydrogens is 284 g/mol. The molecule has 2 aromatic heterocycles. The molecule has 1 aliphatic heterocycles. The number of aryl methyl sites for hydroxylation is 1. The molecule has 0 saturated carbocycles. The first kappa shape index (κ1) is 14.0. The Bertz CT molecular complexity index is 641. The van der Waals surface area contributed by atoms with Gasteiger partial charge in [0.05, 0.1) is 11.7 Å². The maximum Gasteiger partial charge on any atom is 0.265 e. The zero-order valence-corrected chi connectivity index (χ0v) is 13.0. The molecule has 3 rings (SSSR count). The molecule has 1 N–H and O–H groups in total. The van der Waals surface area contributed by atoms with Crippen LogP contribution in [0.1, 0.15) is 33.4 Å². The molecule has 0 spiro atoms. The quantitative estimate of drug-likeness (QED) is 0.946. The lowest BCUT2D eigenvalue weighted by Crippen LogP contribution is -2.27. The van der Waals surface area contributed by atoms with E-state index in [0.29, 0.717) is 10.8 Å². The van der Waals surface area contributed by atoms with Crippen molar-refractivity contribution in [1.82, 2.24) is 14.9 Å². The Balaban J connectivity index is 1.75. The van der Waals surface area contributed by atoms with Crippen molar-refractivity contribution < 1.29 is 4.79 Å². The second-order valence-electron chi connectivity index (χ2n) is 5.27. The molecule has 5 nitrogen and oxygen atoms in total. The number of thiazole rings is 1. The molecule has 21 heavy (non-hydrogen) atoms. The van der Waals surface area contributed by atoms with Gasteiger partial charge in [-0.05, 0) is 25.5 Å². The molecule has 1 atom stereocenters. The first-order chi connectivity index (χ1) is 10.2. The van der Waals surface area contributed by atoms with E-state index < -0.39 is 0 Å². The van der Waals surface area contributed by atoms with Crippen LogP contribution in [0.4, 0.5) is 5.69 Å². The summed E-state index contributed by atoms with van der Waals surface area (Å²) in [7, 11) is 1.91. The molecule has 1 saturated heterocycles. The van der Waals surface area contributed by atoms with Gasteiger partial charge in [-0.3, -0.25) is 14.8 Å².